The van der Waals surface area contributed by atoms with Gasteiger partial charge < -0.3 is 15.2 Å². The van der Waals surface area contributed by atoms with Crippen LogP contribution in [0.2, 0.25) is 0 Å². The van der Waals surface area contributed by atoms with Crippen molar-refractivity contribution in [1.82, 2.24) is 20.2 Å². The maximum atomic E-state index is 11.5. The second-order valence-electron chi connectivity index (χ2n) is 4.49. The van der Waals surface area contributed by atoms with E-state index in [1.54, 1.807) is 12.5 Å². The van der Waals surface area contributed by atoms with Gasteiger partial charge in [0.15, 0.2) is 0 Å². The molecule has 2 N–H and O–H groups in total. The Balaban J connectivity index is 2.45. The van der Waals surface area contributed by atoms with Crippen LogP contribution in [-0.4, -0.2) is 28.5 Å². The van der Waals surface area contributed by atoms with E-state index in [9.17, 15) is 4.79 Å². The summed E-state index contributed by atoms with van der Waals surface area (Å²) in [7, 11) is 0. The third kappa shape index (κ3) is 4.99. The molecule has 0 aliphatic carbocycles. The molecule has 1 amide bonds. The van der Waals surface area contributed by atoms with Crippen LogP contribution in [0.25, 0.3) is 0 Å². The number of nitrogens with zero attached hydrogens (tertiary/aromatic N) is 2. The maximum absolute atomic E-state index is 11.5. The second kappa shape index (κ2) is 7.06. The van der Waals surface area contributed by atoms with Gasteiger partial charge in [-0.05, 0) is 19.4 Å². The number of imidazole rings is 1. The van der Waals surface area contributed by atoms with Crippen LogP contribution in [-0.2, 0) is 17.9 Å². The predicted molar refractivity (Wildman–Crippen MR) is 67.5 cm³/mol. The second-order valence-corrected chi connectivity index (χ2v) is 4.49. The van der Waals surface area contributed by atoms with Crippen LogP contribution in [0.5, 0.6) is 0 Å². The number of rotatable bonds is 7. The fourth-order valence-corrected chi connectivity index (χ4v) is 1.53. The van der Waals surface area contributed by atoms with Crippen molar-refractivity contribution in [2.75, 3.05) is 13.1 Å². The van der Waals surface area contributed by atoms with E-state index in [4.69, 9.17) is 0 Å². The molecule has 5 nitrogen and oxygen atoms in total. The van der Waals surface area contributed by atoms with E-state index in [0.29, 0.717) is 19.0 Å². The highest BCUT2D eigenvalue weighted by Crippen LogP contribution is 1.99. The molecule has 1 heterocycles. The number of hydrogen-bond donors (Lipinski definition) is 2. The monoisotopic (exact) mass is 238 g/mol. The Kier molecular flexibility index (Phi) is 5.69. The Labute approximate surface area is 103 Å². The van der Waals surface area contributed by atoms with Crippen molar-refractivity contribution in [3.05, 3.63) is 18.2 Å². The van der Waals surface area contributed by atoms with Crippen molar-refractivity contribution in [3.63, 3.8) is 0 Å². The molecule has 0 aliphatic heterocycles. The van der Waals surface area contributed by atoms with E-state index in [-0.39, 0.29) is 5.91 Å². The molecule has 0 bridgehead atoms. The first-order valence-corrected chi connectivity index (χ1v) is 6.10. The van der Waals surface area contributed by atoms with Gasteiger partial charge in [-0.3, -0.25) is 4.79 Å². The molecule has 5 heteroatoms. The summed E-state index contributed by atoms with van der Waals surface area (Å²) >= 11 is 0. The van der Waals surface area contributed by atoms with Crippen LogP contribution in [0.3, 0.4) is 0 Å². The van der Waals surface area contributed by atoms with Gasteiger partial charge in [0.05, 0.1) is 12.0 Å². The third-order valence-electron chi connectivity index (χ3n) is 2.35. The molecule has 1 aromatic heterocycles. The average molecular weight is 238 g/mol. The van der Waals surface area contributed by atoms with Crippen molar-refractivity contribution < 1.29 is 4.79 Å². The predicted octanol–water partition coefficient (Wildman–Crippen LogP) is 0.765. The zero-order chi connectivity index (χ0) is 12.7. The Morgan fingerprint density at radius 2 is 2.29 bits per heavy atom. The Bertz CT molecular complexity index is 346. The summed E-state index contributed by atoms with van der Waals surface area (Å²) in [5.41, 5.74) is 1.04. The fraction of sp³-hybridized carbons (Fsp3) is 0.667. The quantitative estimate of drug-likeness (QED) is 0.737. The van der Waals surface area contributed by atoms with E-state index >= 15 is 0 Å². The highest BCUT2D eigenvalue weighted by Gasteiger charge is 2.06. The molecule has 1 aromatic rings. The Morgan fingerprint density at radius 3 is 2.94 bits per heavy atom. The molecule has 0 saturated carbocycles. The van der Waals surface area contributed by atoms with Crippen molar-refractivity contribution in [3.8, 4) is 0 Å². The maximum Gasteiger partial charge on any atom is 0.239 e. The Morgan fingerprint density at radius 1 is 1.53 bits per heavy atom. The minimum Gasteiger partial charge on any atom is -0.355 e. The minimum atomic E-state index is 0.0237. The minimum absolute atomic E-state index is 0.0237. The van der Waals surface area contributed by atoms with Crippen LogP contribution in [0.1, 0.15) is 26.5 Å². The SMILES string of the molecule is CCNC(=O)Cn1cncc1CNCC(C)C. The largest absolute Gasteiger partial charge is 0.355 e. The number of amides is 1. The normalized spacial score (nSPS) is 10.8. The first-order valence-electron chi connectivity index (χ1n) is 6.10. The van der Waals surface area contributed by atoms with Gasteiger partial charge in [-0.1, -0.05) is 13.8 Å². The molecule has 17 heavy (non-hydrogen) atoms. The number of nitrogens with one attached hydrogen (secondary N) is 2. The van der Waals surface area contributed by atoms with Gasteiger partial charge in [0.2, 0.25) is 5.91 Å². The van der Waals surface area contributed by atoms with Crippen LogP contribution in [0.15, 0.2) is 12.5 Å². The van der Waals surface area contributed by atoms with Gasteiger partial charge >= 0.3 is 0 Å². The summed E-state index contributed by atoms with van der Waals surface area (Å²) in [6, 6.07) is 0. The number of carbonyl (C=O) groups excluding carboxylic acids is 1. The van der Waals surface area contributed by atoms with E-state index in [2.05, 4.69) is 29.5 Å². The zero-order valence-electron chi connectivity index (χ0n) is 10.9. The molecule has 96 valence electrons. The number of aromatic nitrogens is 2. The van der Waals surface area contributed by atoms with Gasteiger partial charge in [-0.2, -0.15) is 0 Å². The summed E-state index contributed by atoms with van der Waals surface area (Å²) in [5, 5.41) is 6.12. The first-order chi connectivity index (χ1) is 8.13. The lowest BCUT2D eigenvalue weighted by Crippen LogP contribution is -2.28. The Hall–Kier alpha value is -1.36. The highest BCUT2D eigenvalue weighted by atomic mass is 16.1. The number of carbonyl (C=O) groups is 1. The standard InChI is InChI=1S/C12H22N4O/c1-4-15-12(17)8-16-9-14-7-11(16)6-13-5-10(2)3/h7,9-10,13H,4-6,8H2,1-3H3,(H,15,17). The van der Waals surface area contributed by atoms with E-state index in [1.807, 2.05) is 11.5 Å². The molecule has 0 aromatic carbocycles. The lowest BCUT2D eigenvalue weighted by atomic mass is 10.2. The van der Waals surface area contributed by atoms with E-state index in [1.165, 1.54) is 0 Å². The molecule has 0 unspecified atom stereocenters. The molecular weight excluding hydrogens is 216 g/mol. The van der Waals surface area contributed by atoms with Gasteiger partial charge in [0.1, 0.15) is 6.54 Å². The van der Waals surface area contributed by atoms with Crippen molar-refractivity contribution >= 4 is 5.91 Å². The molecule has 0 radical (unpaired) electrons. The van der Waals surface area contributed by atoms with Gasteiger partial charge in [0.25, 0.3) is 0 Å². The van der Waals surface area contributed by atoms with Crippen LogP contribution < -0.4 is 10.6 Å². The number of likely N-dealkylation sites (N-methyl/N-ethyl adjacent to an activating group) is 1. The summed E-state index contributed by atoms with van der Waals surface area (Å²) < 4.78 is 1.87. The summed E-state index contributed by atoms with van der Waals surface area (Å²) in [5.74, 6) is 0.644. The molecule has 1 rings (SSSR count). The van der Waals surface area contributed by atoms with E-state index < -0.39 is 0 Å². The fourth-order valence-electron chi connectivity index (χ4n) is 1.53. The van der Waals surface area contributed by atoms with Crippen LogP contribution in [0, 0.1) is 5.92 Å². The lowest BCUT2D eigenvalue weighted by molar-refractivity contribution is -0.121. The highest BCUT2D eigenvalue weighted by molar-refractivity contribution is 5.75. The van der Waals surface area contributed by atoms with Crippen molar-refractivity contribution in [1.29, 1.82) is 0 Å². The number of hydrogen-bond acceptors (Lipinski definition) is 3. The summed E-state index contributed by atoms with van der Waals surface area (Å²) in [6.45, 7) is 8.96. The van der Waals surface area contributed by atoms with E-state index in [0.717, 1.165) is 18.8 Å². The topological polar surface area (TPSA) is 59.0 Å². The molecular formula is C12H22N4O. The van der Waals surface area contributed by atoms with Crippen LogP contribution >= 0.6 is 0 Å². The molecule has 0 spiro atoms. The molecule has 0 saturated heterocycles. The van der Waals surface area contributed by atoms with Gasteiger partial charge in [0, 0.05) is 19.3 Å². The third-order valence-corrected chi connectivity index (χ3v) is 2.35. The van der Waals surface area contributed by atoms with Gasteiger partial charge in [-0.15, -0.1) is 0 Å². The van der Waals surface area contributed by atoms with Crippen molar-refractivity contribution in [2.45, 2.75) is 33.9 Å². The van der Waals surface area contributed by atoms with Crippen molar-refractivity contribution in [2.24, 2.45) is 5.92 Å². The first kappa shape index (κ1) is 13.7. The average Bonchev–Trinajstić information content (AvgIpc) is 2.65. The zero-order valence-corrected chi connectivity index (χ0v) is 10.9. The summed E-state index contributed by atoms with van der Waals surface area (Å²) in [4.78, 5) is 15.5. The lowest BCUT2D eigenvalue weighted by Gasteiger charge is -2.10. The van der Waals surface area contributed by atoms with Gasteiger partial charge in [-0.25, -0.2) is 4.98 Å². The molecule has 0 aliphatic rings. The molecule has 0 fully saturated rings. The van der Waals surface area contributed by atoms with Crippen LogP contribution in [0.4, 0.5) is 0 Å². The molecule has 0 atom stereocenters. The summed E-state index contributed by atoms with van der Waals surface area (Å²) in [6.07, 6.45) is 3.49. The smallest absolute Gasteiger partial charge is 0.239 e.